The van der Waals surface area contributed by atoms with E-state index in [1.54, 1.807) is 0 Å². The van der Waals surface area contributed by atoms with Gasteiger partial charge in [0.2, 0.25) is 0 Å². The van der Waals surface area contributed by atoms with Crippen molar-refractivity contribution in [3.05, 3.63) is 0 Å². The van der Waals surface area contributed by atoms with Crippen LogP contribution >= 0.6 is 0 Å². The van der Waals surface area contributed by atoms with Crippen molar-refractivity contribution < 1.29 is 167 Å². The first-order chi connectivity index (χ1) is 6.00. The summed E-state index contributed by atoms with van der Waals surface area (Å²) in [5, 5.41) is 0. The quantitative estimate of drug-likeness (QED) is 0.220. The van der Waals surface area contributed by atoms with Gasteiger partial charge in [0.25, 0.3) is 0 Å². The molecule has 17 heteroatoms. The Labute approximate surface area is 163 Å². The number of rotatable bonds is 0. The molecule has 12 nitrogen and oxygen atoms in total. The van der Waals surface area contributed by atoms with Crippen LogP contribution in [0.1, 0.15) is 0 Å². The van der Waals surface area contributed by atoms with E-state index < -0.39 is 50.2 Å². The van der Waals surface area contributed by atoms with Gasteiger partial charge >= 0.3 is 167 Å². The predicted molar refractivity (Wildman–Crippen MR) is 4.12 cm³/mol. The maximum absolute atomic E-state index is 8.65. The van der Waals surface area contributed by atoms with Crippen molar-refractivity contribution in [3.63, 3.8) is 0 Å². The van der Waals surface area contributed by atoms with E-state index in [4.69, 9.17) is 42.9 Å². The summed E-state index contributed by atoms with van der Waals surface area (Å²) in [4.78, 5) is 0. The summed E-state index contributed by atoms with van der Waals surface area (Å²) in [6, 6.07) is 0. The predicted octanol–water partition coefficient (Wildman–Crippen LogP) is -7.85. The van der Waals surface area contributed by atoms with Crippen LogP contribution in [0, 0.1) is 73.7 Å². The van der Waals surface area contributed by atoms with Crippen LogP contribution in [0.25, 0.3) is 0 Å². The molecular formula is Lu2O12W3. The Kier molecular flexibility index (Phi) is 26.6. The van der Waals surface area contributed by atoms with Crippen molar-refractivity contribution in [2.24, 2.45) is 0 Å². The normalized spacial score (nSPS) is 10.2. The van der Waals surface area contributed by atoms with Gasteiger partial charge in [-0.05, 0) is 0 Å². The van der Waals surface area contributed by atoms with Crippen LogP contribution < -0.4 is 22.6 Å². The summed E-state index contributed by atoms with van der Waals surface area (Å²) in [6.07, 6.45) is 0. The molecule has 0 N–H and O–H groups in total. The number of hydrogen-bond acceptors (Lipinski definition) is 12. The zero-order chi connectivity index (χ0) is 13.5. The summed E-state index contributed by atoms with van der Waals surface area (Å²) < 4.78 is 104. The van der Waals surface area contributed by atoms with Gasteiger partial charge in [-0.1, -0.05) is 0 Å². The van der Waals surface area contributed by atoms with Gasteiger partial charge in [-0.15, -0.1) is 0 Å². The van der Waals surface area contributed by atoms with E-state index in [0.29, 0.717) is 0 Å². The van der Waals surface area contributed by atoms with Crippen LogP contribution in [0.4, 0.5) is 0 Å². The van der Waals surface area contributed by atoms with Gasteiger partial charge in [-0.2, -0.15) is 0 Å². The third-order valence-corrected chi connectivity index (χ3v) is 0. The van der Waals surface area contributed by atoms with Crippen LogP contribution in [0.3, 0.4) is 0 Å². The standard InChI is InChI=1S/2Lu.12O.3W/q2*+3;;;;;;;6*-1;;;. The topological polar surface area (TPSA) is 241 Å². The molecule has 0 heterocycles. The average Bonchev–Trinajstić information content (AvgIpc) is 1.41. The molecule has 0 amide bonds. The van der Waals surface area contributed by atoms with Crippen molar-refractivity contribution >= 4 is 0 Å². The van der Waals surface area contributed by atoms with Crippen LogP contribution in [-0.4, -0.2) is 0 Å². The van der Waals surface area contributed by atoms with Gasteiger partial charge in [-0.25, -0.2) is 0 Å². The molecule has 0 aliphatic carbocycles. The Morgan fingerprint density at radius 3 is 0.412 bits per heavy atom. The molecule has 0 aromatic carbocycles. The van der Waals surface area contributed by atoms with Gasteiger partial charge in [0.05, 0.1) is 0 Å². The van der Waals surface area contributed by atoms with E-state index in [1.165, 1.54) is 0 Å². The van der Waals surface area contributed by atoms with Crippen molar-refractivity contribution in [2.45, 2.75) is 0 Å². The van der Waals surface area contributed by atoms with Crippen molar-refractivity contribution in [3.8, 4) is 0 Å². The zero-order valence-electron chi connectivity index (χ0n) is 6.64. The Bertz CT molecular complexity index is 341. The summed E-state index contributed by atoms with van der Waals surface area (Å²) in [6.45, 7) is 0. The Hall–Kier alpha value is 3.09. The molecule has 0 rings (SSSR count). The van der Waals surface area contributed by atoms with E-state index in [1.807, 2.05) is 0 Å². The molecule has 0 spiro atoms. The monoisotopic (exact) mass is 1090 g/mol. The molecule has 0 aromatic rings. The first-order valence-corrected chi connectivity index (χ1v) is 16.4. The molecule has 0 aliphatic rings. The fourth-order valence-electron chi connectivity index (χ4n) is 0. The maximum atomic E-state index is 8.65. The second-order valence-corrected chi connectivity index (χ2v) is 10.0. The van der Waals surface area contributed by atoms with Crippen LogP contribution in [0.15, 0.2) is 0 Å². The number of hydrogen-bond donors (Lipinski definition) is 0. The first-order valence-electron chi connectivity index (χ1n) is 2.00. The second kappa shape index (κ2) is 14.0. The molecule has 0 saturated heterocycles. The molecule has 0 saturated carbocycles. The molecule has 0 aliphatic heterocycles. The van der Waals surface area contributed by atoms with Crippen molar-refractivity contribution in [2.75, 3.05) is 0 Å². The third-order valence-electron chi connectivity index (χ3n) is 0. The van der Waals surface area contributed by atoms with E-state index in [0.717, 1.165) is 0 Å². The molecule has 0 radical (unpaired) electrons. The molecule has 0 fully saturated rings. The van der Waals surface area contributed by atoms with Crippen LogP contribution in [0.5, 0.6) is 0 Å². The van der Waals surface area contributed by atoms with Gasteiger partial charge < -0.3 is 0 Å². The van der Waals surface area contributed by atoms with E-state index in [2.05, 4.69) is 0 Å². The fourth-order valence-corrected chi connectivity index (χ4v) is 0. The first kappa shape index (κ1) is 32.2. The summed E-state index contributed by atoms with van der Waals surface area (Å²) >= 11 is -18.5. The van der Waals surface area contributed by atoms with E-state index in [9.17, 15) is 0 Å². The van der Waals surface area contributed by atoms with E-state index >= 15 is 0 Å². The molecule has 0 bridgehead atoms. The molecule has 0 unspecified atom stereocenters. The minimum atomic E-state index is -6.17. The molecule has 120 valence electrons. The Morgan fingerprint density at radius 1 is 0.412 bits per heavy atom. The van der Waals surface area contributed by atoms with E-state index in [-0.39, 0.29) is 73.7 Å². The van der Waals surface area contributed by atoms with Crippen molar-refractivity contribution in [1.82, 2.24) is 0 Å². The minimum absolute atomic E-state index is 0. The van der Waals surface area contributed by atoms with Gasteiger partial charge in [0.1, 0.15) is 0 Å². The van der Waals surface area contributed by atoms with Gasteiger partial charge in [-0.3, -0.25) is 0 Å². The van der Waals surface area contributed by atoms with Crippen LogP contribution in [-0.2, 0) is 70.6 Å². The van der Waals surface area contributed by atoms with Gasteiger partial charge in [0.15, 0.2) is 0 Å². The second-order valence-electron chi connectivity index (χ2n) is 1.22. The third kappa shape index (κ3) is 583. The molecule has 17 heavy (non-hydrogen) atoms. The summed E-state index contributed by atoms with van der Waals surface area (Å²) in [5.41, 5.74) is 0. The molecular weight excluding hydrogens is 1090 g/mol. The molecule has 0 aromatic heterocycles. The fraction of sp³-hybridized carbons (Fsp3) is 0. The molecule has 0 atom stereocenters. The van der Waals surface area contributed by atoms with Crippen molar-refractivity contribution in [1.29, 1.82) is 0 Å². The Morgan fingerprint density at radius 2 is 0.412 bits per heavy atom. The summed E-state index contributed by atoms with van der Waals surface area (Å²) in [5.74, 6) is 0. The summed E-state index contributed by atoms with van der Waals surface area (Å²) in [7, 11) is 0. The Balaban J connectivity index is -0.0000000400. The zero-order valence-corrected chi connectivity index (χ0v) is 18.8. The SMILES string of the molecule is [Lu+3].[Lu+3].[O]=[W](=[O])([O-])[O-].[O]=[W](=[O])([O-])[O-].[O]=[W](=[O])([O-])[O-]. The average molecular weight is 1090 g/mol. The van der Waals surface area contributed by atoms with Gasteiger partial charge in [0, 0.05) is 0 Å². The van der Waals surface area contributed by atoms with Crippen LogP contribution in [0.2, 0.25) is 0 Å².